The van der Waals surface area contributed by atoms with Crippen molar-refractivity contribution in [3.63, 3.8) is 0 Å². The van der Waals surface area contributed by atoms with Gasteiger partial charge in [0.1, 0.15) is 17.8 Å². The van der Waals surface area contributed by atoms with E-state index in [9.17, 15) is 0 Å². The molecule has 24 heavy (non-hydrogen) atoms. The molecule has 0 radical (unpaired) electrons. The first kappa shape index (κ1) is 16.0. The Morgan fingerprint density at radius 2 is 1.67 bits per heavy atom. The van der Waals surface area contributed by atoms with Crippen molar-refractivity contribution >= 4 is 40.4 Å². The molecular formula is C17H17ClN6. The second kappa shape index (κ2) is 6.72. The van der Waals surface area contributed by atoms with E-state index < -0.39 is 0 Å². The number of aryl methyl sites for hydroxylation is 1. The van der Waals surface area contributed by atoms with Crippen LogP contribution in [0.5, 0.6) is 0 Å². The monoisotopic (exact) mass is 340 g/mol. The van der Waals surface area contributed by atoms with Crippen LogP contribution >= 0.6 is 11.6 Å². The third-order valence-electron chi connectivity index (χ3n) is 3.65. The Kier molecular flexibility index (Phi) is 4.48. The Morgan fingerprint density at radius 3 is 2.42 bits per heavy atom. The lowest BCUT2D eigenvalue weighted by atomic mass is 10.2. The van der Waals surface area contributed by atoms with Crippen LogP contribution in [0.4, 0.5) is 28.8 Å². The Labute approximate surface area is 145 Å². The van der Waals surface area contributed by atoms with E-state index in [1.165, 1.54) is 6.33 Å². The predicted molar refractivity (Wildman–Crippen MR) is 98.2 cm³/mol. The SMILES string of the molecule is Cc1cccnc1Nc1ncnc(Nc2cccc(Cl)c2C)c1N. The summed E-state index contributed by atoms with van der Waals surface area (Å²) < 4.78 is 0. The molecule has 3 rings (SSSR count). The molecule has 0 aliphatic carbocycles. The first-order chi connectivity index (χ1) is 11.6. The van der Waals surface area contributed by atoms with Gasteiger partial charge in [0.15, 0.2) is 11.6 Å². The average molecular weight is 341 g/mol. The summed E-state index contributed by atoms with van der Waals surface area (Å²) in [4.78, 5) is 12.7. The highest BCUT2D eigenvalue weighted by Gasteiger charge is 2.11. The van der Waals surface area contributed by atoms with Crippen LogP contribution < -0.4 is 16.4 Å². The molecule has 122 valence electrons. The maximum atomic E-state index is 6.21. The molecule has 7 heteroatoms. The van der Waals surface area contributed by atoms with Gasteiger partial charge in [-0.05, 0) is 43.2 Å². The highest BCUT2D eigenvalue weighted by molar-refractivity contribution is 6.31. The van der Waals surface area contributed by atoms with Crippen LogP contribution in [0.1, 0.15) is 11.1 Å². The summed E-state index contributed by atoms with van der Waals surface area (Å²) in [7, 11) is 0. The Morgan fingerprint density at radius 1 is 0.917 bits per heavy atom. The van der Waals surface area contributed by atoms with Crippen molar-refractivity contribution < 1.29 is 0 Å². The lowest BCUT2D eigenvalue weighted by molar-refractivity contribution is 1.15. The fraction of sp³-hybridized carbons (Fsp3) is 0.118. The van der Waals surface area contributed by atoms with Gasteiger partial charge in [-0.15, -0.1) is 0 Å². The Bertz CT molecular complexity index is 881. The molecule has 0 spiro atoms. The van der Waals surface area contributed by atoms with Crippen LogP contribution in [0.3, 0.4) is 0 Å². The maximum absolute atomic E-state index is 6.21. The molecule has 0 atom stereocenters. The van der Waals surface area contributed by atoms with Crippen molar-refractivity contribution in [1.29, 1.82) is 0 Å². The molecule has 0 saturated carbocycles. The quantitative estimate of drug-likeness (QED) is 0.659. The van der Waals surface area contributed by atoms with Gasteiger partial charge < -0.3 is 16.4 Å². The van der Waals surface area contributed by atoms with Crippen LogP contribution in [-0.2, 0) is 0 Å². The topological polar surface area (TPSA) is 88.8 Å². The largest absolute Gasteiger partial charge is 0.393 e. The molecule has 0 fully saturated rings. The second-order valence-electron chi connectivity index (χ2n) is 5.32. The number of anilines is 5. The molecule has 6 nitrogen and oxygen atoms in total. The number of hydrogen-bond acceptors (Lipinski definition) is 6. The fourth-order valence-electron chi connectivity index (χ4n) is 2.19. The van der Waals surface area contributed by atoms with Gasteiger partial charge in [0.2, 0.25) is 0 Å². The van der Waals surface area contributed by atoms with E-state index in [2.05, 4.69) is 25.6 Å². The number of nitrogens with zero attached hydrogens (tertiary/aromatic N) is 3. The van der Waals surface area contributed by atoms with Gasteiger partial charge >= 0.3 is 0 Å². The van der Waals surface area contributed by atoms with Gasteiger partial charge in [0.25, 0.3) is 0 Å². The lowest BCUT2D eigenvalue weighted by Gasteiger charge is -2.14. The summed E-state index contributed by atoms with van der Waals surface area (Å²) in [6.07, 6.45) is 3.15. The molecule has 2 heterocycles. The van der Waals surface area contributed by atoms with Crippen LogP contribution in [-0.4, -0.2) is 15.0 Å². The van der Waals surface area contributed by atoms with Crippen LogP contribution in [0, 0.1) is 13.8 Å². The molecule has 1 aromatic carbocycles. The number of aromatic nitrogens is 3. The van der Waals surface area contributed by atoms with Crippen molar-refractivity contribution in [3.05, 3.63) is 59.0 Å². The Balaban J connectivity index is 1.91. The van der Waals surface area contributed by atoms with Crippen molar-refractivity contribution in [3.8, 4) is 0 Å². The van der Waals surface area contributed by atoms with Crippen LogP contribution in [0.25, 0.3) is 0 Å². The van der Waals surface area contributed by atoms with Crippen molar-refractivity contribution in [2.24, 2.45) is 0 Å². The van der Waals surface area contributed by atoms with Crippen molar-refractivity contribution in [1.82, 2.24) is 15.0 Å². The fourth-order valence-corrected chi connectivity index (χ4v) is 2.37. The van der Waals surface area contributed by atoms with Crippen LogP contribution in [0.2, 0.25) is 5.02 Å². The van der Waals surface area contributed by atoms with E-state index in [0.717, 1.165) is 16.8 Å². The van der Waals surface area contributed by atoms with Crippen molar-refractivity contribution in [2.45, 2.75) is 13.8 Å². The van der Waals surface area contributed by atoms with Gasteiger partial charge in [-0.25, -0.2) is 15.0 Å². The smallest absolute Gasteiger partial charge is 0.160 e. The molecule has 0 amide bonds. The number of hydrogen-bond donors (Lipinski definition) is 3. The molecule has 0 bridgehead atoms. The number of nitrogens with two attached hydrogens (primary N) is 1. The third kappa shape index (κ3) is 3.23. The van der Waals surface area contributed by atoms with Gasteiger partial charge in [0.05, 0.1) is 0 Å². The minimum absolute atomic E-state index is 0.405. The molecule has 2 aromatic heterocycles. The zero-order valence-corrected chi connectivity index (χ0v) is 14.1. The maximum Gasteiger partial charge on any atom is 0.160 e. The average Bonchev–Trinajstić information content (AvgIpc) is 2.57. The van der Waals surface area contributed by atoms with Gasteiger partial charge in [-0.2, -0.15) is 0 Å². The minimum Gasteiger partial charge on any atom is -0.393 e. The first-order valence-corrected chi connectivity index (χ1v) is 7.75. The van der Waals surface area contributed by atoms with E-state index in [1.54, 1.807) is 6.20 Å². The molecule has 0 saturated heterocycles. The molecule has 0 unspecified atom stereocenters. The number of pyridine rings is 1. The zero-order chi connectivity index (χ0) is 17.1. The van der Waals surface area contributed by atoms with E-state index in [-0.39, 0.29) is 0 Å². The minimum atomic E-state index is 0.405. The van der Waals surface area contributed by atoms with E-state index in [0.29, 0.717) is 28.2 Å². The van der Waals surface area contributed by atoms with E-state index in [1.807, 2.05) is 44.2 Å². The Hall–Kier alpha value is -2.86. The summed E-state index contributed by atoms with van der Waals surface area (Å²) in [6, 6.07) is 9.45. The molecule has 0 aliphatic heterocycles. The molecule has 3 aromatic rings. The number of halogens is 1. The second-order valence-corrected chi connectivity index (χ2v) is 5.72. The first-order valence-electron chi connectivity index (χ1n) is 7.37. The van der Waals surface area contributed by atoms with E-state index >= 15 is 0 Å². The summed E-state index contributed by atoms with van der Waals surface area (Å²) in [5, 5.41) is 7.02. The summed E-state index contributed by atoms with van der Waals surface area (Å²) in [6.45, 7) is 3.89. The summed E-state index contributed by atoms with van der Waals surface area (Å²) in [5.41, 5.74) is 9.37. The normalized spacial score (nSPS) is 10.5. The van der Waals surface area contributed by atoms with Gasteiger partial charge in [-0.3, -0.25) is 0 Å². The third-order valence-corrected chi connectivity index (χ3v) is 4.06. The molecule has 0 aliphatic rings. The summed E-state index contributed by atoms with van der Waals surface area (Å²) >= 11 is 6.15. The standard InChI is InChI=1S/C17H17ClN6/c1-10-5-4-8-20-15(10)24-17-14(19)16(21-9-22-17)23-13-7-3-6-12(18)11(13)2/h3-9H,19H2,1-2H3,(H2,20,21,22,23,24). The van der Waals surface area contributed by atoms with Gasteiger partial charge in [-0.1, -0.05) is 23.7 Å². The highest BCUT2D eigenvalue weighted by Crippen LogP contribution is 2.31. The number of rotatable bonds is 4. The van der Waals surface area contributed by atoms with Crippen molar-refractivity contribution in [2.75, 3.05) is 16.4 Å². The van der Waals surface area contributed by atoms with Gasteiger partial charge in [0, 0.05) is 16.9 Å². The predicted octanol–water partition coefficient (Wildman–Crippen LogP) is 4.21. The van der Waals surface area contributed by atoms with E-state index in [4.69, 9.17) is 17.3 Å². The number of benzene rings is 1. The lowest BCUT2D eigenvalue weighted by Crippen LogP contribution is -2.07. The summed E-state index contributed by atoms with van der Waals surface area (Å²) in [5.74, 6) is 1.70. The number of nitrogen functional groups attached to an aromatic ring is 1. The number of nitrogens with one attached hydrogen (secondary N) is 2. The zero-order valence-electron chi connectivity index (χ0n) is 13.3. The van der Waals surface area contributed by atoms with Crippen LogP contribution in [0.15, 0.2) is 42.9 Å². The molecular weight excluding hydrogens is 324 g/mol. The molecule has 4 N–H and O–H groups in total. The highest BCUT2D eigenvalue weighted by atomic mass is 35.5.